The maximum absolute atomic E-state index is 9.82. The van der Waals surface area contributed by atoms with Crippen molar-refractivity contribution >= 4 is 0 Å². The summed E-state index contributed by atoms with van der Waals surface area (Å²) in [6, 6.07) is 0. The summed E-state index contributed by atoms with van der Waals surface area (Å²) in [6.45, 7) is 9.33. The number of ether oxygens (including phenoxy) is 1. The fourth-order valence-electron chi connectivity index (χ4n) is 1.52. The molecule has 0 amide bonds. The highest BCUT2D eigenvalue weighted by Crippen LogP contribution is 2.05. The van der Waals surface area contributed by atoms with E-state index in [1.54, 1.807) is 0 Å². The molecule has 1 aromatic heterocycles. The first-order valence-corrected chi connectivity index (χ1v) is 6.15. The van der Waals surface area contributed by atoms with Crippen LogP contribution in [-0.2, 0) is 17.7 Å². The van der Waals surface area contributed by atoms with E-state index < -0.39 is 6.10 Å². The zero-order valence-electron chi connectivity index (χ0n) is 11.1. The Morgan fingerprint density at radius 3 is 2.65 bits per heavy atom. The normalized spacial score (nSPS) is 13.6. The van der Waals surface area contributed by atoms with Crippen molar-refractivity contribution in [3.8, 4) is 0 Å². The van der Waals surface area contributed by atoms with E-state index in [0.29, 0.717) is 18.9 Å². The van der Waals surface area contributed by atoms with E-state index >= 15 is 0 Å². The summed E-state index contributed by atoms with van der Waals surface area (Å²) in [5.74, 6) is 1.33. The van der Waals surface area contributed by atoms with Crippen LogP contribution >= 0.6 is 0 Å². The third-order valence-corrected chi connectivity index (χ3v) is 2.27. The smallest absolute Gasteiger partial charge is 0.138 e. The SMILES string of the molecule is CC(C)Cn1ncnc1CC(O)COC(C)C. The zero-order chi connectivity index (χ0) is 12.8. The second-order valence-electron chi connectivity index (χ2n) is 4.99. The summed E-state index contributed by atoms with van der Waals surface area (Å²) in [4.78, 5) is 4.17. The molecular formula is C12H23N3O2. The molecule has 0 aliphatic heterocycles. The van der Waals surface area contributed by atoms with Gasteiger partial charge in [0.1, 0.15) is 12.2 Å². The van der Waals surface area contributed by atoms with Crippen LogP contribution in [0.25, 0.3) is 0 Å². The van der Waals surface area contributed by atoms with Crippen LogP contribution in [-0.4, -0.2) is 38.7 Å². The number of rotatable bonds is 7. The Balaban J connectivity index is 2.47. The van der Waals surface area contributed by atoms with Crippen LogP contribution in [0.15, 0.2) is 6.33 Å². The Bertz CT molecular complexity index is 323. The highest BCUT2D eigenvalue weighted by atomic mass is 16.5. The quantitative estimate of drug-likeness (QED) is 0.781. The molecule has 1 rings (SSSR count). The third-order valence-electron chi connectivity index (χ3n) is 2.27. The van der Waals surface area contributed by atoms with E-state index in [-0.39, 0.29) is 6.10 Å². The van der Waals surface area contributed by atoms with Crippen molar-refractivity contribution in [2.24, 2.45) is 5.92 Å². The lowest BCUT2D eigenvalue weighted by molar-refractivity contribution is 0.00506. The van der Waals surface area contributed by atoms with Crippen molar-refractivity contribution in [2.75, 3.05) is 6.61 Å². The molecule has 98 valence electrons. The minimum Gasteiger partial charge on any atom is -0.390 e. The van der Waals surface area contributed by atoms with Crippen molar-refractivity contribution in [1.82, 2.24) is 14.8 Å². The topological polar surface area (TPSA) is 60.2 Å². The first-order chi connectivity index (χ1) is 7.99. The number of nitrogens with zero attached hydrogens (tertiary/aromatic N) is 3. The second-order valence-corrected chi connectivity index (χ2v) is 4.99. The van der Waals surface area contributed by atoms with Gasteiger partial charge in [0.05, 0.1) is 18.8 Å². The third kappa shape index (κ3) is 5.28. The summed E-state index contributed by atoms with van der Waals surface area (Å²) in [5.41, 5.74) is 0. The Morgan fingerprint density at radius 2 is 2.06 bits per heavy atom. The summed E-state index contributed by atoms with van der Waals surface area (Å²) in [7, 11) is 0. The van der Waals surface area contributed by atoms with Gasteiger partial charge >= 0.3 is 0 Å². The molecule has 0 radical (unpaired) electrons. The van der Waals surface area contributed by atoms with Crippen molar-refractivity contribution in [3.63, 3.8) is 0 Å². The van der Waals surface area contributed by atoms with Gasteiger partial charge in [0.15, 0.2) is 0 Å². The van der Waals surface area contributed by atoms with Crippen LogP contribution in [0.2, 0.25) is 0 Å². The minimum absolute atomic E-state index is 0.137. The second kappa shape index (κ2) is 6.71. The number of aliphatic hydroxyl groups excluding tert-OH is 1. The van der Waals surface area contributed by atoms with Gasteiger partial charge in [0.25, 0.3) is 0 Å². The van der Waals surface area contributed by atoms with E-state index in [1.807, 2.05) is 18.5 Å². The maximum atomic E-state index is 9.82. The molecule has 0 aliphatic carbocycles. The van der Waals surface area contributed by atoms with E-state index in [2.05, 4.69) is 23.9 Å². The molecule has 0 saturated heterocycles. The van der Waals surface area contributed by atoms with Crippen LogP contribution in [0.1, 0.15) is 33.5 Å². The summed E-state index contributed by atoms with van der Waals surface area (Å²) in [6.07, 6.45) is 1.64. The molecule has 1 atom stereocenters. The Morgan fingerprint density at radius 1 is 1.35 bits per heavy atom. The lowest BCUT2D eigenvalue weighted by Gasteiger charge is -2.14. The van der Waals surface area contributed by atoms with Gasteiger partial charge in [-0.2, -0.15) is 5.10 Å². The molecule has 5 nitrogen and oxygen atoms in total. The number of aliphatic hydroxyl groups is 1. The average molecular weight is 241 g/mol. The van der Waals surface area contributed by atoms with Gasteiger partial charge in [-0.1, -0.05) is 13.8 Å². The fraction of sp³-hybridized carbons (Fsp3) is 0.833. The summed E-state index contributed by atoms with van der Waals surface area (Å²) < 4.78 is 7.22. The fourth-order valence-corrected chi connectivity index (χ4v) is 1.52. The van der Waals surface area contributed by atoms with Gasteiger partial charge in [-0.15, -0.1) is 0 Å². The number of hydrogen-bond acceptors (Lipinski definition) is 4. The highest BCUT2D eigenvalue weighted by molar-refractivity contribution is 4.87. The first kappa shape index (κ1) is 14.1. The summed E-state index contributed by atoms with van der Waals surface area (Å²) >= 11 is 0. The molecule has 0 saturated carbocycles. The van der Waals surface area contributed by atoms with Gasteiger partial charge in [-0.3, -0.25) is 0 Å². The lowest BCUT2D eigenvalue weighted by atomic mass is 10.2. The molecular weight excluding hydrogens is 218 g/mol. The van der Waals surface area contributed by atoms with E-state index in [1.165, 1.54) is 6.33 Å². The maximum Gasteiger partial charge on any atom is 0.138 e. The molecule has 5 heteroatoms. The highest BCUT2D eigenvalue weighted by Gasteiger charge is 2.12. The van der Waals surface area contributed by atoms with Crippen molar-refractivity contribution in [1.29, 1.82) is 0 Å². The average Bonchev–Trinajstić information content (AvgIpc) is 2.62. The number of aromatic nitrogens is 3. The van der Waals surface area contributed by atoms with Gasteiger partial charge < -0.3 is 9.84 Å². The Labute approximate surface area is 103 Å². The molecule has 1 unspecified atom stereocenters. The molecule has 1 N–H and O–H groups in total. The van der Waals surface area contributed by atoms with Gasteiger partial charge in [-0.05, 0) is 19.8 Å². The monoisotopic (exact) mass is 241 g/mol. The van der Waals surface area contributed by atoms with E-state index in [9.17, 15) is 5.11 Å². The first-order valence-electron chi connectivity index (χ1n) is 6.15. The van der Waals surface area contributed by atoms with Crippen LogP contribution in [0.3, 0.4) is 0 Å². The van der Waals surface area contributed by atoms with Gasteiger partial charge in [-0.25, -0.2) is 9.67 Å². The zero-order valence-corrected chi connectivity index (χ0v) is 11.1. The molecule has 0 spiro atoms. The van der Waals surface area contributed by atoms with E-state index in [0.717, 1.165) is 12.4 Å². The molecule has 0 aliphatic rings. The number of hydrogen-bond donors (Lipinski definition) is 1. The molecule has 1 heterocycles. The van der Waals surface area contributed by atoms with Crippen molar-refractivity contribution in [2.45, 2.75) is 52.9 Å². The molecule has 0 bridgehead atoms. The van der Waals surface area contributed by atoms with Crippen LogP contribution in [0.5, 0.6) is 0 Å². The predicted octanol–water partition coefficient (Wildman–Crippen LogP) is 1.26. The van der Waals surface area contributed by atoms with Crippen molar-refractivity contribution < 1.29 is 9.84 Å². The Kier molecular flexibility index (Phi) is 5.58. The van der Waals surface area contributed by atoms with Gasteiger partial charge in [0, 0.05) is 13.0 Å². The molecule has 1 aromatic rings. The summed E-state index contributed by atoms with van der Waals surface area (Å²) in [5, 5.41) is 14.0. The van der Waals surface area contributed by atoms with E-state index in [4.69, 9.17) is 4.74 Å². The van der Waals surface area contributed by atoms with Crippen LogP contribution < -0.4 is 0 Å². The van der Waals surface area contributed by atoms with Crippen LogP contribution in [0.4, 0.5) is 0 Å². The van der Waals surface area contributed by atoms with Gasteiger partial charge in [0.2, 0.25) is 0 Å². The minimum atomic E-state index is -0.521. The van der Waals surface area contributed by atoms with Crippen LogP contribution in [0, 0.1) is 5.92 Å². The Hall–Kier alpha value is -0.940. The largest absolute Gasteiger partial charge is 0.390 e. The van der Waals surface area contributed by atoms with Crippen molar-refractivity contribution in [3.05, 3.63) is 12.2 Å². The molecule has 0 fully saturated rings. The molecule has 17 heavy (non-hydrogen) atoms. The molecule has 0 aromatic carbocycles. The lowest BCUT2D eigenvalue weighted by Crippen LogP contribution is -2.23. The predicted molar refractivity (Wildman–Crippen MR) is 65.7 cm³/mol. The standard InChI is InChI=1S/C12H23N3O2/c1-9(2)6-15-12(13-8-14-15)5-11(16)7-17-10(3)4/h8-11,16H,5-7H2,1-4H3.